The molecule has 3 heterocycles. The van der Waals surface area contributed by atoms with E-state index >= 15 is 0 Å². The van der Waals surface area contributed by atoms with Gasteiger partial charge in [0, 0.05) is 26.2 Å². The summed E-state index contributed by atoms with van der Waals surface area (Å²) in [5, 5.41) is -1.39. The van der Waals surface area contributed by atoms with E-state index in [2.05, 4.69) is 35.2 Å². The second-order valence-corrected chi connectivity index (χ2v) is 9.16. The van der Waals surface area contributed by atoms with Crippen LogP contribution in [0.25, 0.3) is 5.57 Å². The van der Waals surface area contributed by atoms with E-state index in [1.807, 2.05) is 6.07 Å². The number of rotatable bonds is 6. The number of thioether (sulfide) groups is 1. The van der Waals surface area contributed by atoms with Crippen molar-refractivity contribution in [2.75, 3.05) is 32.4 Å². The van der Waals surface area contributed by atoms with Crippen LogP contribution < -0.4 is 4.74 Å². The van der Waals surface area contributed by atoms with E-state index in [4.69, 9.17) is 9.47 Å². The Morgan fingerprint density at radius 3 is 2.55 bits per heavy atom. The number of hydrogen-bond donors (Lipinski definition) is 0. The minimum absolute atomic E-state index is 0.197. The lowest BCUT2D eigenvalue weighted by molar-refractivity contribution is -0.172. The van der Waals surface area contributed by atoms with E-state index < -0.39 is 17.0 Å². The summed E-state index contributed by atoms with van der Waals surface area (Å²) >= 11 is 1.21. The minimum atomic E-state index is -1.39. The standard InChI is InChI=1S/C25H24N2O5S/c1-33-25-21-19(9-5-10-20(21)31-23(29)24(30)32-25)22(28)27(25)14-6-13-26-15-11-18(12-16-26)17-7-3-2-4-8-17/h2-5,7-11H,6,12-16H2,1H3. The van der Waals surface area contributed by atoms with E-state index in [9.17, 15) is 14.4 Å². The smallest absolute Gasteiger partial charge is 0.418 e. The molecule has 1 amide bonds. The van der Waals surface area contributed by atoms with Crippen molar-refractivity contribution in [2.45, 2.75) is 17.9 Å². The molecule has 0 spiro atoms. The Bertz CT molecular complexity index is 1150. The molecule has 0 radical (unpaired) electrons. The zero-order chi connectivity index (χ0) is 23.0. The summed E-state index contributed by atoms with van der Waals surface area (Å²) in [6.07, 6.45) is 5.71. The number of amides is 1. The fourth-order valence-electron chi connectivity index (χ4n) is 4.73. The molecule has 0 saturated heterocycles. The molecule has 0 saturated carbocycles. The van der Waals surface area contributed by atoms with Crippen molar-refractivity contribution in [3.05, 3.63) is 71.3 Å². The van der Waals surface area contributed by atoms with E-state index in [1.165, 1.54) is 22.9 Å². The number of ether oxygens (including phenoxy) is 2. The third-order valence-electron chi connectivity index (χ3n) is 6.34. The first-order valence-electron chi connectivity index (χ1n) is 11.0. The van der Waals surface area contributed by atoms with Gasteiger partial charge in [-0.25, -0.2) is 9.59 Å². The van der Waals surface area contributed by atoms with Gasteiger partial charge in [-0.15, -0.1) is 0 Å². The van der Waals surface area contributed by atoms with Crippen molar-refractivity contribution in [1.82, 2.24) is 9.80 Å². The molecule has 5 rings (SSSR count). The molecule has 0 aliphatic carbocycles. The largest absolute Gasteiger partial charge is 0.422 e. The van der Waals surface area contributed by atoms with Crippen LogP contribution in [0.5, 0.6) is 5.75 Å². The Morgan fingerprint density at radius 2 is 1.82 bits per heavy atom. The van der Waals surface area contributed by atoms with Crippen LogP contribution >= 0.6 is 11.8 Å². The molecule has 8 heteroatoms. The molecule has 0 bridgehead atoms. The predicted molar refractivity (Wildman–Crippen MR) is 124 cm³/mol. The van der Waals surface area contributed by atoms with Crippen LogP contribution in [0.2, 0.25) is 0 Å². The lowest BCUT2D eigenvalue weighted by Gasteiger charge is -2.36. The Morgan fingerprint density at radius 1 is 1.00 bits per heavy atom. The highest BCUT2D eigenvalue weighted by Gasteiger charge is 2.57. The maximum absolute atomic E-state index is 13.3. The Labute approximate surface area is 196 Å². The van der Waals surface area contributed by atoms with Crippen LogP contribution in [0.15, 0.2) is 54.6 Å². The van der Waals surface area contributed by atoms with Gasteiger partial charge in [0.1, 0.15) is 5.75 Å². The maximum atomic E-state index is 13.3. The van der Waals surface area contributed by atoms with Crippen molar-refractivity contribution >= 4 is 35.2 Å². The Hall–Kier alpha value is -3.10. The van der Waals surface area contributed by atoms with Crippen LogP contribution in [0.4, 0.5) is 0 Å². The van der Waals surface area contributed by atoms with Crippen molar-refractivity contribution in [3.8, 4) is 5.75 Å². The van der Waals surface area contributed by atoms with Gasteiger partial charge >= 0.3 is 11.9 Å². The molecule has 0 fully saturated rings. The quantitative estimate of drug-likeness (QED) is 0.369. The van der Waals surface area contributed by atoms with Crippen LogP contribution in [0, 0.1) is 0 Å². The molecule has 2 aromatic carbocycles. The third-order valence-corrected chi connectivity index (χ3v) is 7.41. The van der Waals surface area contributed by atoms with Crippen molar-refractivity contribution in [1.29, 1.82) is 0 Å². The van der Waals surface area contributed by atoms with Gasteiger partial charge in [0.25, 0.3) is 11.0 Å². The summed E-state index contributed by atoms with van der Waals surface area (Å²) < 4.78 is 10.8. The lowest BCUT2D eigenvalue weighted by atomic mass is 9.99. The first kappa shape index (κ1) is 21.7. The molecule has 170 valence electrons. The van der Waals surface area contributed by atoms with Gasteiger partial charge in [-0.1, -0.05) is 54.2 Å². The monoisotopic (exact) mass is 464 g/mol. The topological polar surface area (TPSA) is 76.2 Å². The van der Waals surface area contributed by atoms with E-state index in [0.717, 1.165) is 26.1 Å². The lowest BCUT2D eigenvalue weighted by Crippen LogP contribution is -2.46. The highest BCUT2D eigenvalue weighted by atomic mass is 32.2. The zero-order valence-electron chi connectivity index (χ0n) is 18.3. The average Bonchev–Trinajstić information content (AvgIpc) is 3.01. The number of esters is 2. The number of nitrogens with zero attached hydrogens (tertiary/aromatic N) is 2. The first-order valence-corrected chi connectivity index (χ1v) is 12.2. The molecule has 2 aromatic rings. The van der Waals surface area contributed by atoms with Gasteiger partial charge in [0.05, 0.1) is 11.1 Å². The predicted octanol–water partition coefficient (Wildman–Crippen LogP) is 3.26. The van der Waals surface area contributed by atoms with Crippen molar-refractivity contribution < 1.29 is 23.9 Å². The van der Waals surface area contributed by atoms with Crippen LogP contribution in [0.1, 0.15) is 34.3 Å². The summed E-state index contributed by atoms with van der Waals surface area (Å²) in [4.78, 5) is 41.5. The highest BCUT2D eigenvalue weighted by molar-refractivity contribution is 7.99. The van der Waals surface area contributed by atoms with E-state index in [-0.39, 0.29) is 11.7 Å². The average molecular weight is 465 g/mol. The summed E-state index contributed by atoms with van der Waals surface area (Å²) in [5.74, 6) is -2.20. The number of hydrogen-bond acceptors (Lipinski definition) is 7. The summed E-state index contributed by atoms with van der Waals surface area (Å²) in [6.45, 7) is 3.00. The fraction of sp³-hybridized carbons (Fsp3) is 0.320. The Kier molecular flexibility index (Phi) is 5.72. The Balaban J connectivity index is 1.30. The summed E-state index contributed by atoms with van der Waals surface area (Å²) in [7, 11) is 0. The second kappa shape index (κ2) is 8.68. The first-order chi connectivity index (χ1) is 16.0. The zero-order valence-corrected chi connectivity index (χ0v) is 19.1. The SMILES string of the molecule is CSC12OC(=O)C(=O)Oc3cccc(c31)C(=O)N2CCCN1CC=C(c2ccccc2)CC1. The van der Waals surface area contributed by atoms with Crippen LogP contribution in [0.3, 0.4) is 0 Å². The highest BCUT2D eigenvalue weighted by Crippen LogP contribution is 2.52. The fourth-order valence-corrected chi connectivity index (χ4v) is 5.70. The molecule has 33 heavy (non-hydrogen) atoms. The molecule has 1 unspecified atom stereocenters. The normalized spacial score (nSPS) is 22.4. The second-order valence-electron chi connectivity index (χ2n) is 8.20. The maximum Gasteiger partial charge on any atom is 0.422 e. The van der Waals surface area contributed by atoms with Gasteiger partial charge in [-0.2, -0.15) is 0 Å². The van der Waals surface area contributed by atoms with Crippen LogP contribution in [-0.2, 0) is 19.4 Å². The molecule has 7 nitrogen and oxygen atoms in total. The third kappa shape index (κ3) is 3.73. The molecule has 3 aliphatic rings. The number of carbonyl (C=O) groups is 3. The van der Waals surface area contributed by atoms with E-state index in [1.54, 1.807) is 29.4 Å². The molecule has 1 atom stereocenters. The molecule has 0 N–H and O–H groups in total. The van der Waals surface area contributed by atoms with Crippen molar-refractivity contribution in [3.63, 3.8) is 0 Å². The van der Waals surface area contributed by atoms with Gasteiger partial charge in [0.2, 0.25) is 0 Å². The van der Waals surface area contributed by atoms with E-state index in [0.29, 0.717) is 24.1 Å². The van der Waals surface area contributed by atoms with Gasteiger partial charge in [-0.3, -0.25) is 14.6 Å². The molecular formula is C25H24N2O5S. The summed E-state index contributed by atoms with van der Waals surface area (Å²) in [6, 6.07) is 15.3. The van der Waals surface area contributed by atoms with Crippen LogP contribution in [-0.4, -0.2) is 60.1 Å². The van der Waals surface area contributed by atoms with Crippen molar-refractivity contribution in [2.24, 2.45) is 0 Å². The number of carbonyl (C=O) groups excluding carboxylic acids is 3. The number of benzene rings is 2. The van der Waals surface area contributed by atoms with Gasteiger partial charge in [-0.05, 0) is 42.4 Å². The summed E-state index contributed by atoms with van der Waals surface area (Å²) in [5.41, 5.74) is 3.47. The minimum Gasteiger partial charge on any atom is -0.418 e. The van der Waals surface area contributed by atoms with Gasteiger partial charge in [0.15, 0.2) is 0 Å². The van der Waals surface area contributed by atoms with Gasteiger partial charge < -0.3 is 9.47 Å². The molecule has 0 aromatic heterocycles. The molecular weight excluding hydrogens is 440 g/mol. The molecule has 3 aliphatic heterocycles.